The summed E-state index contributed by atoms with van der Waals surface area (Å²) in [7, 11) is 0. The van der Waals surface area contributed by atoms with Crippen LogP contribution in [0.3, 0.4) is 0 Å². The maximum Gasteiger partial charge on any atom is 0.181 e. The van der Waals surface area contributed by atoms with Crippen molar-refractivity contribution in [3.63, 3.8) is 0 Å². The first-order valence-corrected chi connectivity index (χ1v) is 7.25. The van der Waals surface area contributed by atoms with Crippen LogP contribution < -0.4 is 4.90 Å². The number of rotatable bonds is 3. The molecule has 7 heteroatoms. The molecule has 3 heterocycles. The van der Waals surface area contributed by atoms with Crippen LogP contribution in [0.4, 0.5) is 5.82 Å². The molecule has 1 aliphatic heterocycles. The number of aromatic amines is 1. The molecule has 0 aromatic carbocycles. The van der Waals surface area contributed by atoms with E-state index in [1.165, 1.54) is 0 Å². The van der Waals surface area contributed by atoms with Gasteiger partial charge >= 0.3 is 0 Å². The fraction of sp³-hybridized carbons (Fsp3) is 0.571. The number of hydrogen-bond acceptors (Lipinski definition) is 6. The number of aromatic nitrogens is 5. The van der Waals surface area contributed by atoms with Crippen LogP contribution in [0.25, 0.3) is 0 Å². The Kier molecular flexibility index (Phi) is 3.83. The molecular weight excluding hydrogens is 268 g/mol. The maximum absolute atomic E-state index is 5.79. The van der Waals surface area contributed by atoms with Gasteiger partial charge in [0.1, 0.15) is 23.6 Å². The van der Waals surface area contributed by atoms with E-state index in [1.54, 1.807) is 0 Å². The van der Waals surface area contributed by atoms with E-state index in [0.29, 0.717) is 19.0 Å². The normalized spacial score (nSPS) is 19.0. The summed E-state index contributed by atoms with van der Waals surface area (Å²) in [5, 5.41) is 7.06. The predicted molar refractivity (Wildman–Crippen MR) is 78.2 cm³/mol. The van der Waals surface area contributed by atoms with Crippen molar-refractivity contribution in [2.45, 2.75) is 33.3 Å². The topological polar surface area (TPSA) is 79.8 Å². The Labute approximate surface area is 123 Å². The van der Waals surface area contributed by atoms with Gasteiger partial charge in [0.2, 0.25) is 0 Å². The lowest BCUT2D eigenvalue weighted by Gasteiger charge is -2.32. The Morgan fingerprint density at radius 2 is 2.19 bits per heavy atom. The molecule has 1 fully saturated rings. The fourth-order valence-corrected chi connectivity index (χ4v) is 2.47. The van der Waals surface area contributed by atoms with Crippen molar-refractivity contribution >= 4 is 5.82 Å². The predicted octanol–water partition coefficient (Wildman–Crippen LogP) is 1.35. The molecule has 3 rings (SSSR count). The monoisotopic (exact) mass is 288 g/mol. The van der Waals surface area contributed by atoms with Crippen molar-refractivity contribution in [1.29, 1.82) is 0 Å². The molecule has 2 aromatic rings. The molecule has 1 aliphatic rings. The van der Waals surface area contributed by atoms with Crippen LogP contribution in [0, 0.1) is 13.8 Å². The van der Waals surface area contributed by atoms with E-state index in [9.17, 15) is 0 Å². The van der Waals surface area contributed by atoms with E-state index in [2.05, 4.69) is 43.0 Å². The van der Waals surface area contributed by atoms with Gasteiger partial charge in [0, 0.05) is 18.3 Å². The molecule has 0 spiro atoms. The maximum atomic E-state index is 5.79. The lowest BCUT2D eigenvalue weighted by atomic mass is 10.2. The van der Waals surface area contributed by atoms with Crippen LogP contribution in [-0.4, -0.2) is 44.8 Å². The lowest BCUT2D eigenvalue weighted by Crippen LogP contribution is -2.39. The second-order valence-electron chi connectivity index (χ2n) is 5.20. The van der Waals surface area contributed by atoms with Gasteiger partial charge in [-0.3, -0.25) is 5.10 Å². The number of nitrogens with one attached hydrogen (secondary N) is 1. The highest BCUT2D eigenvalue weighted by Crippen LogP contribution is 2.23. The Hall–Kier alpha value is -2.02. The van der Waals surface area contributed by atoms with Crippen molar-refractivity contribution in [3.05, 3.63) is 29.2 Å². The van der Waals surface area contributed by atoms with Crippen molar-refractivity contribution in [3.8, 4) is 0 Å². The number of nitrogens with zero attached hydrogens (tertiary/aromatic N) is 5. The van der Waals surface area contributed by atoms with Gasteiger partial charge in [0.05, 0.1) is 13.2 Å². The summed E-state index contributed by atoms with van der Waals surface area (Å²) in [6, 6.07) is 2.05. The SMILES string of the molecule is CCc1cc(N2CCOC(c3n[nH]c(C)n3)C2)nc(C)n1. The fourth-order valence-electron chi connectivity index (χ4n) is 2.47. The van der Waals surface area contributed by atoms with E-state index in [0.717, 1.165) is 36.1 Å². The molecule has 0 bridgehead atoms. The molecular formula is C14H20N6O. The molecule has 1 N–H and O–H groups in total. The highest BCUT2D eigenvalue weighted by molar-refractivity contribution is 5.40. The Bertz CT molecular complexity index is 626. The number of anilines is 1. The van der Waals surface area contributed by atoms with Gasteiger partial charge in [-0.05, 0) is 20.3 Å². The Morgan fingerprint density at radius 3 is 2.90 bits per heavy atom. The minimum absolute atomic E-state index is 0.121. The van der Waals surface area contributed by atoms with Crippen molar-refractivity contribution in [1.82, 2.24) is 25.1 Å². The van der Waals surface area contributed by atoms with Crippen molar-refractivity contribution in [2.24, 2.45) is 0 Å². The van der Waals surface area contributed by atoms with Gasteiger partial charge in [-0.25, -0.2) is 15.0 Å². The minimum Gasteiger partial charge on any atom is -0.366 e. The van der Waals surface area contributed by atoms with E-state index in [4.69, 9.17) is 4.74 Å². The second kappa shape index (κ2) is 5.77. The number of hydrogen-bond donors (Lipinski definition) is 1. The number of ether oxygens (including phenoxy) is 1. The smallest absolute Gasteiger partial charge is 0.181 e. The van der Waals surface area contributed by atoms with Gasteiger partial charge in [-0.15, -0.1) is 0 Å². The molecule has 0 amide bonds. The van der Waals surface area contributed by atoms with Gasteiger partial charge in [-0.1, -0.05) is 6.92 Å². The van der Waals surface area contributed by atoms with Crippen LogP contribution in [0.5, 0.6) is 0 Å². The number of aryl methyl sites for hydroxylation is 3. The summed E-state index contributed by atoms with van der Waals surface area (Å²) in [5.41, 5.74) is 1.06. The van der Waals surface area contributed by atoms with E-state index >= 15 is 0 Å². The van der Waals surface area contributed by atoms with Crippen LogP contribution >= 0.6 is 0 Å². The first-order chi connectivity index (χ1) is 10.2. The summed E-state index contributed by atoms with van der Waals surface area (Å²) < 4.78 is 5.79. The van der Waals surface area contributed by atoms with Crippen LogP contribution in [0.2, 0.25) is 0 Å². The zero-order valence-corrected chi connectivity index (χ0v) is 12.6. The summed E-state index contributed by atoms with van der Waals surface area (Å²) in [6.45, 7) is 8.08. The molecule has 1 unspecified atom stereocenters. The molecule has 0 aliphatic carbocycles. The molecule has 112 valence electrons. The van der Waals surface area contributed by atoms with Crippen LogP contribution in [-0.2, 0) is 11.2 Å². The van der Waals surface area contributed by atoms with E-state index in [1.807, 2.05) is 13.8 Å². The van der Waals surface area contributed by atoms with E-state index < -0.39 is 0 Å². The quantitative estimate of drug-likeness (QED) is 0.918. The molecule has 1 atom stereocenters. The third-order valence-electron chi connectivity index (χ3n) is 3.53. The summed E-state index contributed by atoms with van der Waals surface area (Å²) >= 11 is 0. The molecule has 0 radical (unpaired) electrons. The molecule has 0 saturated carbocycles. The lowest BCUT2D eigenvalue weighted by molar-refractivity contribution is 0.0339. The van der Waals surface area contributed by atoms with Gasteiger partial charge in [0.25, 0.3) is 0 Å². The average molecular weight is 288 g/mol. The van der Waals surface area contributed by atoms with E-state index in [-0.39, 0.29) is 6.10 Å². The first-order valence-electron chi connectivity index (χ1n) is 7.25. The summed E-state index contributed by atoms with van der Waals surface area (Å²) in [5.74, 6) is 3.27. The zero-order valence-electron chi connectivity index (χ0n) is 12.6. The largest absolute Gasteiger partial charge is 0.366 e. The molecule has 21 heavy (non-hydrogen) atoms. The Morgan fingerprint density at radius 1 is 1.33 bits per heavy atom. The van der Waals surface area contributed by atoms with Crippen molar-refractivity contribution in [2.75, 3.05) is 24.6 Å². The number of H-pyrrole nitrogens is 1. The van der Waals surface area contributed by atoms with Crippen LogP contribution in [0.1, 0.15) is 36.2 Å². The first kappa shape index (κ1) is 13.9. The summed E-state index contributed by atoms with van der Waals surface area (Å²) in [4.78, 5) is 15.6. The van der Waals surface area contributed by atoms with Gasteiger partial charge in [0.15, 0.2) is 5.82 Å². The third-order valence-corrected chi connectivity index (χ3v) is 3.53. The summed E-state index contributed by atoms with van der Waals surface area (Å²) in [6.07, 6.45) is 0.786. The van der Waals surface area contributed by atoms with Gasteiger partial charge in [-0.2, -0.15) is 5.10 Å². The van der Waals surface area contributed by atoms with Crippen molar-refractivity contribution < 1.29 is 4.74 Å². The minimum atomic E-state index is -0.121. The standard InChI is InChI=1S/C14H20N6O/c1-4-11-7-13(16-9(2)15-11)20-5-6-21-12(8-20)14-17-10(3)18-19-14/h7,12H,4-6,8H2,1-3H3,(H,17,18,19). The second-order valence-corrected chi connectivity index (χ2v) is 5.20. The highest BCUT2D eigenvalue weighted by Gasteiger charge is 2.26. The zero-order chi connectivity index (χ0) is 14.8. The Balaban J connectivity index is 1.81. The highest BCUT2D eigenvalue weighted by atomic mass is 16.5. The van der Waals surface area contributed by atoms with Crippen LogP contribution in [0.15, 0.2) is 6.07 Å². The molecule has 7 nitrogen and oxygen atoms in total. The number of morpholine rings is 1. The molecule has 1 saturated heterocycles. The molecule has 2 aromatic heterocycles. The average Bonchev–Trinajstić information content (AvgIpc) is 2.93. The third kappa shape index (κ3) is 3.02. The van der Waals surface area contributed by atoms with Gasteiger partial charge < -0.3 is 9.64 Å².